The molecule has 1 aliphatic carbocycles. The molecule has 1 aliphatic rings. The van der Waals surface area contributed by atoms with Gasteiger partial charge in [0.05, 0.1) is 13.0 Å². The Morgan fingerprint density at radius 1 is 1.50 bits per heavy atom. The molecule has 1 atom stereocenters. The number of esters is 1. The van der Waals surface area contributed by atoms with Crippen molar-refractivity contribution in [1.29, 1.82) is 0 Å². The van der Waals surface area contributed by atoms with E-state index < -0.39 is 5.82 Å². The summed E-state index contributed by atoms with van der Waals surface area (Å²) in [5, 5.41) is 0.310. The molecule has 1 aromatic rings. The number of rotatable bonds is 3. The van der Waals surface area contributed by atoms with Crippen molar-refractivity contribution < 1.29 is 13.9 Å². The number of hydrogen-bond acceptors (Lipinski definition) is 2. The van der Waals surface area contributed by atoms with Gasteiger partial charge >= 0.3 is 5.97 Å². The highest BCUT2D eigenvalue weighted by Crippen LogP contribution is 2.43. The van der Waals surface area contributed by atoms with E-state index >= 15 is 0 Å². The van der Waals surface area contributed by atoms with E-state index in [9.17, 15) is 9.18 Å². The van der Waals surface area contributed by atoms with Gasteiger partial charge in [0.25, 0.3) is 0 Å². The molecular formula is C12H12ClFO2. The van der Waals surface area contributed by atoms with Gasteiger partial charge in [0.15, 0.2) is 0 Å². The largest absolute Gasteiger partial charge is 0.469 e. The molecule has 1 unspecified atom stereocenters. The number of hydrogen-bond donors (Lipinski definition) is 0. The predicted molar refractivity (Wildman–Crippen MR) is 58.9 cm³/mol. The molecule has 4 heteroatoms. The average molecular weight is 243 g/mol. The summed E-state index contributed by atoms with van der Waals surface area (Å²) in [5.41, 5.74) is 0.611. The molecule has 0 N–H and O–H groups in total. The van der Waals surface area contributed by atoms with Crippen molar-refractivity contribution in [3.8, 4) is 0 Å². The predicted octanol–water partition coefficient (Wildman–Crippen LogP) is 3.15. The SMILES string of the molecule is COC(=O)C(c1cc(F)cc(Cl)c1)C1CC1. The molecule has 0 aliphatic heterocycles. The quantitative estimate of drug-likeness (QED) is 0.761. The second-order valence-electron chi connectivity index (χ2n) is 4.04. The number of carbonyl (C=O) groups excluding carboxylic acids is 1. The van der Waals surface area contributed by atoms with Gasteiger partial charge in [0, 0.05) is 5.02 Å². The van der Waals surface area contributed by atoms with Crippen LogP contribution >= 0.6 is 11.6 Å². The highest BCUT2D eigenvalue weighted by molar-refractivity contribution is 6.30. The zero-order chi connectivity index (χ0) is 11.7. The molecule has 2 rings (SSSR count). The molecular weight excluding hydrogens is 231 g/mol. The fourth-order valence-electron chi connectivity index (χ4n) is 1.91. The Balaban J connectivity index is 2.34. The van der Waals surface area contributed by atoms with E-state index in [1.54, 1.807) is 6.07 Å². The van der Waals surface area contributed by atoms with Crippen LogP contribution in [-0.4, -0.2) is 13.1 Å². The summed E-state index contributed by atoms with van der Waals surface area (Å²) in [6, 6.07) is 4.21. The van der Waals surface area contributed by atoms with E-state index in [-0.39, 0.29) is 17.8 Å². The van der Waals surface area contributed by atoms with Crippen LogP contribution in [-0.2, 0) is 9.53 Å². The lowest BCUT2D eigenvalue weighted by Crippen LogP contribution is -2.16. The summed E-state index contributed by atoms with van der Waals surface area (Å²) in [4.78, 5) is 11.6. The summed E-state index contributed by atoms with van der Waals surface area (Å²) in [5.74, 6) is -0.843. The molecule has 16 heavy (non-hydrogen) atoms. The van der Waals surface area contributed by atoms with Crippen molar-refractivity contribution in [3.63, 3.8) is 0 Å². The second-order valence-corrected chi connectivity index (χ2v) is 4.48. The third-order valence-electron chi connectivity index (χ3n) is 2.79. The van der Waals surface area contributed by atoms with Crippen LogP contribution < -0.4 is 0 Å². The van der Waals surface area contributed by atoms with Crippen molar-refractivity contribution in [1.82, 2.24) is 0 Å². The second kappa shape index (κ2) is 4.42. The minimum absolute atomic E-state index is 0.269. The van der Waals surface area contributed by atoms with Crippen LogP contribution in [0.2, 0.25) is 5.02 Å². The summed E-state index contributed by atoms with van der Waals surface area (Å²) in [6.07, 6.45) is 1.96. The zero-order valence-electron chi connectivity index (χ0n) is 8.87. The summed E-state index contributed by atoms with van der Waals surface area (Å²) in [6.45, 7) is 0. The van der Waals surface area contributed by atoms with Gasteiger partial charge in [0.2, 0.25) is 0 Å². The fraction of sp³-hybridized carbons (Fsp3) is 0.417. The number of benzene rings is 1. The number of methoxy groups -OCH3 is 1. The van der Waals surface area contributed by atoms with Crippen LogP contribution in [0, 0.1) is 11.7 Å². The summed E-state index contributed by atoms with van der Waals surface area (Å²) < 4.78 is 17.9. The number of carbonyl (C=O) groups is 1. The number of ether oxygens (including phenoxy) is 1. The van der Waals surface area contributed by atoms with Crippen molar-refractivity contribution in [2.24, 2.45) is 5.92 Å². The third kappa shape index (κ3) is 2.35. The van der Waals surface area contributed by atoms with E-state index in [0.717, 1.165) is 12.8 Å². The van der Waals surface area contributed by atoms with Crippen LogP contribution in [0.4, 0.5) is 4.39 Å². The molecule has 1 aromatic carbocycles. The molecule has 1 saturated carbocycles. The lowest BCUT2D eigenvalue weighted by atomic mass is 9.94. The third-order valence-corrected chi connectivity index (χ3v) is 3.01. The first-order valence-electron chi connectivity index (χ1n) is 5.15. The van der Waals surface area contributed by atoms with Crippen LogP contribution in [0.25, 0.3) is 0 Å². The molecule has 0 bridgehead atoms. The fourth-order valence-corrected chi connectivity index (χ4v) is 2.14. The van der Waals surface area contributed by atoms with Gasteiger partial charge in [0.1, 0.15) is 5.82 Å². The van der Waals surface area contributed by atoms with Crippen molar-refractivity contribution in [3.05, 3.63) is 34.6 Å². The smallest absolute Gasteiger partial charge is 0.313 e. The van der Waals surface area contributed by atoms with Gasteiger partial charge in [-0.05, 0) is 42.5 Å². The van der Waals surface area contributed by atoms with E-state index in [4.69, 9.17) is 16.3 Å². The Morgan fingerprint density at radius 3 is 2.69 bits per heavy atom. The maximum atomic E-state index is 13.2. The van der Waals surface area contributed by atoms with Crippen molar-refractivity contribution in [2.75, 3.05) is 7.11 Å². The zero-order valence-corrected chi connectivity index (χ0v) is 9.63. The Bertz CT molecular complexity index is 395. The normalized spacial score (nSPS) is 16.9. The molecule has 0 spiro atoms. The standard InChI is InChI=1S/C12H12ClFO2/c1-16-12(15)11(7-2-3-7)8-4-9(13)6-10(14)5-8/h4-7,11H,2-3H2,1H3. The highest BCUT2D eigenvalue weighted by atomic mass is 35.5. The maximum Gasteiger partial charge on any atom is 0.313 e. The van der Waals surface area contributed by atoms with E-state index in [2.05, 4.69) is 0 Å². The highest BCUT2D eigenvalue weighted by Gasteiger charge is 2.38. The molecule has 2 nitrogen and oxygen atoms in total. The van der Waals surface area contributed by atoms with Gasteiger partial charge in [-0.15, -0.1) is 0 Å². The molecule has 86 valence electrons. The van der Waals surface area contributed by atoms with E-state index in [1.165, 1.54) is 19.2 Å². The Hall–Kier alpha value is -1.09. The van der Waals surface area contributed by atoms with Crippen LogP contribution in [0.15, 0.2) is 18.2 Å². The summed E-state index contributed by atoms with van der Waals surface area (Å²) in [7, 11) is 1.35. The molecule has 0 aromatic heterocycles. The monoisotopic (exact) mass is 242 g/mol. The van der Waals surface area contributed by atoms with Gasteiger partial charge in [-0.25, -0.2) is 4.39 Å². The lowest BCUT2D eigenvalue weighted by molar-refractivity contribution is -0.143. The van der Waals surface area contributed by atoms with E-state index in [0.29, 0.717) is 10.6 Å². The van der Waals surface area contributed by atoms with Crippen LogP contribution in [0.3, 0.4) is 0 Å². The van der Waals surface area contributed by atoms with Gasteiger partial charge in [-0.3, -0.25) is 4.79 Å². The van der Waals surface area contributed by atoms with Crippen molar-refractivity contribution in [2.45, 2.75) is 18.8 Å². The molecule has 0 saturated heterocycles. The molecule has 1 fully saturated rings. The van der Waals surface area contributed by atoms with Crippen LogP contribution in [0.1, 0.15) is 24.3 Å². The lowest BCUT2D eigenvalue weighted by Gasteiger charge is -2.14. The van der Waals surface area contributed by atoms with Gasteiger partial charge in [-0.2, -0.15) is 0 Å². The summed E-state index contributed by atoms with van der Waals surface area (Å²) >= 11 is 5.78. The van der Waals surface area contributed by atoms with Gasteiger partial charge < -0.3 is 4.74 Å². The number of halogens is 2. The minimum atomic E-state index is -0.419. The first-order chi connectivity index (χ1) is 7.61. The molecule has 0 radical (unpaired) electrons. The average Bonchev–Trinajstić information content (AvgIpc) is 3.00. The molecule has 0 amide bonds. The van der Waals surface area contributed by atoms with Crippen LogP contribution in [0.5, 0.6) is 0 Å². The first-order valence-corrected chi connectivity index (χ1v) is 5.53. The van der Waals surface area contributed by atoms with Gasteiger partial charge in [-0.1, -0.05) is 11.6 Å². The first kappa shape index (κ1) is 11.4. The minimum Gasteiger partial charge on any atom is -0.469 e. The Kier molecular flexibility index (Phi) is 3.15. The maximum absolute atomic E-state index is 13.2. The van der Waals surface area contributed by atoms with Crippen molar-refractivity contribution >= 4 is 17.6 Å². The Labute approximate surface area is 98.4 Å². The topological polar surface area (TPSA) is 26.3 Å². The van der Waals surface area contributed by atoms with E-state index in [1.807, 2.05) is 0 Å². The molecule has 0 heterocycles. The Morgan fingerprint density at radius 2 is 2.19 bits per heavy atom.